The molecule has 0 amide bonds. The summed E-state index contributed by atoms with van der Waals surface area (Å²) < 4.78 is 5.61. The number of aliphatic hydroxyl groups excluding tert-OH is 1. The Hall–Kier alpha value is -1.29. The SMILES string of the molecule is CC(C)(C)OC(=O)C1(N2CCCCC2)C=CC=C(O)C1. The van der Waals surface area contributed by atoms with Crippen molar-refractivity contribution in [1.82, 2.24) is 4.90 Å². The number of ether oxygens (including phenoxy) is 1. The summed E-state index contributed by atoms with van der Waals surface area (Å²) in [7, 11) is 0. The van der Waals surface area contributed by atoms with E-state index in [2.05, 4.69) is 4.90 Å². The molecule has 0 aromatic rings. The van der Waals surface area contributed by atoms with E-state index in [4.69, 9.17) is 4.74 Å². The highest BCUT2D eigenvalue weighted by Crippen LogP contribution is 2.33. The fraction of sp³-hybridized carbons (Fsp3) is 0.688. The Bertz CT molecular complexity index is 427. The van der Waals surface area contributed by atoms with Crippen LogP contribution < -0.4 is 0 Å². The van der Waals surface area contributed by atoms with Gasteiger partial charge in [0.25, 0.3) is 0 Å². The molecule has 1 aliphatic heterocycles. The van der Waals surface area contributed by atoms with Crippen LogP contribution in [-0.4, -0.2) is 40.2 Å². The van der Waals surface area contributed by atoms with Gasteiger partial charge in [-0.2, -0.15) is 0 Å². The van der Waals surface area contributed by atoms with Crippen LogP contribution in [0.2, 0.25) is 0 Å². The van der Waals surface area contributed by atoms with E-state index < -0.39 is 11.1 Å². The number of nitrogens with zero attached hydrogens (tertiary/aromatic N) is 1. The minimum absolute atomic E-state index is 0.240. The summed E-state index contributed by atoms with van der Waals surface area (Å²) in [4.78, 5) is 14.9. The molecule has 112 valence electrons. The Labute approximate surface area is 121 Å². The molecule has 1 heterocycles. The molecule has 1 aliphatic carbocycles. The normalized spacial score (nSPS) is 28.1. The lowest BCUT2D eigenvalue weighted by Gasteiger charge is -2.43. The molecule has 2 rings (SSSR count). The molecule has 1 N–H and O–H groups in total. The van der Waals surface area contributed by atoms with Gasteiger partial charge >= 0.3 is 5.97 Å². The van der Waals surface area contributed by atoms with E-state index in [0.717, 1.165) is 25.9 Å². The van der Waals surface area contributed by atoms with Gasteiger partial charge in [0.15, 0.2) is 0 Å². The molecular formula is C16H25NO3. The standard InChI is InChI=1S/C16H25NO3/c1-15(2,3)20-14(19)16(9-7-8-13(18)12-16)17-10-5-4-6-11-17/h7-9,18H,4-6,10-12H2,1-3H3. The zero-order chi connectivity index (χ0) is 14.8. The lowest BCUT2D eigenvalue weighted by atomic mass is 9.86. The smallest absolute Gasteiger partial charge is 0.331 e. The fourth-order valence-electron chi connectivity index (χ4n) is 2.86. The van der Waals surface area contributed by atoms with Crippen LogP contribution >= 0.6 is 0 Å². The lowest BCUT2D eigenvalue weighted by molar-refractivity contribution is -0.168. The Morgan fingerprint density at radius 2 is 1.95 bits per heavy atom. The van der Waals surface area contributed by atoms with E-state index in [1.54, 1.807) is 12.2 Å². The van der Waals surface area contributed by atoms with Gasteiger partial charge in [-0.15, -0.1) is 0 Å². The topological polar surface area (TPSA) is 49.8 Å². The van der Waals surface area contributed by atoms with Crippen molar-refractivity contribution in [3.05, 3.63) is 24.0 Å². The summed E-state index contributed by atoms with van der Waals surface area (Å²) in [5, 5.41) is 9.90. The summed E-state index contributed by atoms with van der Waals surface area (Å²) in [5.74, 6) is -0.0215. The molecule has 0 bridgehead atoms. The number of hydrogen-bond donors (Lipinski definition) is 1. The van der Waals surface area contributed by atoms with Gasteiger partial charge in [-0.3, -0.25) is 4.90 Å². The maximum atomic E-state index is 12.7. The number of carbonyl (C=O) groups excluding carboxylic acids is 1. The van der Waals surface area contributed by atoms with Gasteiger partial charge in [-0.1, -0.05) is 18.6 Å². The van der Waals surface area contributed by atoms with Crippen LogP contribution in [0.4, 0.5) is 0 Å². The Morgan fingerprint density at radius 1 is 1.30 bits per heavy atom. The Balaban J connectivity index is 2.27. The summed E-state index contributed by atoms with van der Waals surface area (Å²) >= 11 is 0. The van der Waals surface area contributed by atoms with Crippen LogP contribution in [0.25, 0.3) is 0 Å². The van der Waals surface area contributed by atoms with Gasteiger partial charge in [0.05, 0.1) is 5.76 Å². The third-order valence-electron chi connectivity index (χ3n) is 3.78. The van der Waals surface area contributed by atoms with Crippen molar-refractivity contribution in [2.24, 2.45) is 0 Å². The maximum absolute atomic E-state index is 12.7. The van der Waals surface area contributed by atoms with E-state index in [1.165, 1.54) is 6.42 Å². The molecule has 1 fully saturated rings. The number of rotatable bonds is 2. The largest absolute Gasteiger partial charge is 0.512 e. The Kier molecular flexibility index (Phi) is 4.23. The molecule has 0 aromatic heterocycles. The lowest BCUT2D eigenvalue weighted by Crippen LogP contribution is -2.57. The van der Waals surface area contributed by atoms with Gasteiger partial charge in [-0.25, -0.2) is 4.79 Å². The summed E-state index contributed by atoms with van der Waals surface area (Å²) in [6.45, 7) is 7.36. The molecule has 0 saturated carbocycles. The summed E-state index contributed by atoms with van der Waals surface area (Å²) in [6.07, 6.45) is 8.96. The summed E-state index contributed by atoms with van der Waals surface area (Å²) in [6, 6.07) is 0. The predicted molar refractivity (Wildman–Crippen MR) is 78.5 cm³/mol. The number of aliphatic hydroxyl groups is 1. The first-order valence-corrected chi connectivity index (χ1v) is 7.39. The first kappa shape index (κ1) is 15.1. The van der Waals surface area contributed by atoms with Crippen molar-refractivity contribution in [2.45, 2.75) is 57.6 Å². The van der Waals surface area contributed by atoms with E-state index in [1.807, 2.05) is 26.8 Å². The molecule has 0 aromatic carbocycles. The number of piperidine rings is 1. The van der Waals surface area contributed by atoms with Gasteiger partial charge in [0, 0.05) is 6.42 Å². The average molecular weight is 279 g/mol. The molecule has 1 unspecified atom stereocenters. The zero-order valence-corrected chi connectivity index (χ0v) is 12.7. The van der Waals surface area contributed by atoms with Crippen LogP contribution in [0.5, 0.6) is 0 Å². The predicted octanol–water partition coefficient (Wildman–Crippen LogP) is 2.95. The quantitative estimate of drug-likeness (QED) is 0.790. The average Bonchev–Trinajstić information content (AvgIpc) is 2.37. The minimum Gasteiger partial charge on any atom is -0.512 e. The second kappa shape index (κ2) is 5.60. The first-order valence-electron chi connectivity index (χ1n) is 7.39. The third kappa shape index (κ3) is 3.23. The maximum Gasteiger partial charge on any atom is 0.331 e. The summed E-state index contributed by atoms with van der Waals surface area (Å²) in [5.41, 5.74) is -1.36. The molecule has 4 heteroatoms. The van der Waals surface area contributed by atoms with Crippen molar-refractivity contribution in [3.8, 4) is 0 Å². The van der Waals surface area contributed by atoms with Crippen LogP contribution in [-0.2, 0) is 9.53 Å². The zero-order valence-electron chi connectivity index (χ0n) is 12.7. The molecule has 1 atom stereocenters. The van der Waals surface area contributed by atoms with Gasteiger partial charge in [0.2, 0.25) is 0 Å². The van der Waals surface area contributed by atoms with Gasteiger partial charge in [-0.05, 0) is 52.8 Å². The molecule has 20 heavy (non-hydrogen) atoms. The number of esters is 1. The van der Waals surface area contributed by atoms with Gasteiger partial charge in [0.1, 0.15) is 11.1 Å². The van der Waals surface area contributed by atoms with Crippen molar-refractivity contribution in [3.63, 3.8) is 0 Å². The van der Waals surface area contributed by atoms with Gasteiger partial charge < -0.3 is 9.84 Å². The molecule has 4 nitrogen and oxygen atoms in total. The van der Waals surface area contributed by atoms with Crippen molar-refractivity contribution in [1.29, 1.82) is 0 Å². The van der Waals surface area contributed by atoms with E-state index in [0.29, 0.717) is 6.42 Å². The number of allylic oxidation sites excluding steroid dienone is 2. The minimum atomic E-state index is -0.841. The Morgan fingerprint density at radius 3 is 2.50 bits per heavy atom. The van der Waals surface area contributed by atoms with Crippen molar-refractivity contribution >= 4 is 5.97 Å². The molecule has 0 spiro atoms. The molecular weight excluding hydrogens is 254 g/mol. The second-order valence-corrected chi connectivity index (χ2v) is 6.67. The highest BCUT2D eigenvalue weighted by Gasteiger charge is 2.46. The van der Waals surface area contributed by atoms with E-state index >= 15 is 0 Å². The van der Waals surface area contributed by atoms with Crippen molar-refractivity contribution in [2.75, 3.05) is 13.1 Å². The third-order valence-corrected chi connectivity index (χ3v) is 3.78. The van der Waals surface area contributed by atoms with Crippen LogP contribution in [0, 0.1) is 0 Å². The number of carbonyl (C=O) groups is 1. The molecule has 0 radical (unpaired) electrons. The van der Waals surface area contributed by atoms with E-state index in [9.17, 15) is 9.90 Å². The van der Waals surface area contributed by atoms with Crippen LogP contribution in [0.1, 0.15) is 46.5 Å². The highest BCUT2D eigenvalue weighted by atomic mass is 16.6. The second-order valence-electron chi connectivity index (χ2n) is 6.67. The highest BCUT2D eigenvalue weighted by molar-refractivity contribution is 5.84. The number of likely N-dealkylation sites (tertiary alicyclic amines) is 1. The first-order chi connectivity index (χ1) is 9.33. The number of hydrogen-bond acceptors (Lipinski definition) is 4. The molecule has 2 aliphatic rings. The fourth-order valence-corrected chi connectivity index (χ4v) is 2.86. The van der Waals surface area contributed by atoms with Crippen molar-refractivity contribution < 1.29 is 14.6 Å². The molecule has 1 saturated heterocycles. The monoisotopic (exact) mass is 279 g/mol. The van der Waals surface area contributed by atoms with Crippen LogP contribution in [0.3, 0.4) is 0 Å². The van der Waals surface area contributed by atoms with Crippen LogP contribution in [0.15, 0.2) is 24.0 Å². The van der Waals surface area contributed by atoms with E-state index in [-0.39, 0.29) is 11.7 Å².